The second-order valence-electron chi connectivity index (χ2n) is 5.03. The van der Waals surface area contributed by atoms with Gasteiger partial charge in [0.25, 0.3) is 0 Å². The molecule has 0 radical (unpaired) electrons. The van der Waals surface area contributed by atoms with E-state index in [-0.39, 0.29) is 0 Å². The van der Waals surface area contributed by atoms with E-state index in [2.05, 4.69) is 31.9 Å². The fourth-order valence-corrected chi connectivity index (χ4v) is 1.86. The topological polar surface area (TPSA) is 38.5 Å². The number of aryl methyl sites for hydroxylation is 1. The maximum absolute atomic E-state index is 5.92. The molecule has 0 aliphatic carbocycles. The fraction of sp³-hybridized carbons (Fsp3) is 0.600. The molecule has 102 valence electrons. The zero-order valence-corrected chi connectivity index (χ0v) is 11.9. The number of ether oxygens (including phenoxy) is 1. The third kappa shape index (κ3) is 6.03. The summed E-state index contributed by atoms with van der Waals surface area (Å²) in [6.45, 7) is 7.01. The summed E-state index contributed by atoms with van der Waals surface area (Å²) in [5.74, 6) is 0. The van der Waals surface area contributed by atoms with Gasteiger partial charge in [0.15, 0.2) is 0 Å². The minimum Gasteiger partial charge on any atom is -0.399 e. The van der Waals surface area contributed by atoms with Gasteiger partial charge in [-0.1, -0.05) is 18.2 Å². The van der Waals surface area contributed by atoms with Crippen LogP contribution in [0.1, 0.15) is 25.8 Å². The van der Waals surface area contributed by atoms with Crippen LogP contribution in [0.25, 0.3) is 0 Å². The Labute approximate surface area is 111 Å². The molecule has 0 amide bonds. The monoisotopic (exact) mass is 250 g/mol. The first-order valence-corrected chi connectivity index (χ1v) is 6.73. The molecule has 0 spiro atoms. The quantitative estimate of drug-likeness (QED) is 0.721. The van der Waals surface area contributed by atoms with Crippen LogP contribution in [0.4, 0.5) is 5.69 Å². The first kappa shape index (κ1) is 15.0. The number of nitrogens with two attached hydrogens (primary N) is 1. The van der Waals surface area contributed by atoms with Crippen molar-refractivity contribution in [3.05, 3.63) is 29.8 Å². The van der Waals surface area contributed by atoms with E-state index in [1.54, 1.807) is 0 Å². The van der Waals surface area contributed by atoms with Gasteiger partial charge in [-0.3, -0.25) is 0 Å². The smallest absolute Gasteiger partial charge is 0.0596 e. The van der Waals surface area contributed by atoms with Crippen LogP contribution in [-0.4, -0.2) is 37.7 Å². The Morgan fingerprint density at radius 3 is 2.61 bits per heavy atom. The van der Waals surface area contributed by atoms with Crippen molar-refractivity contribution in [3.8, 4) is 0 Å². The summed E-state index contributed by atoms with van der Waals surface area (Å²) in [5, 5.41) is 0. The third-order valence-electron chi connectivity index (χ3n) is 2.97. The highest BCUT2D eigenvalue weighted by molar-refractivity contribution is 5.46. The van der Waals surface area contributed by atoms with E-state index in [4.69, 9.17) is 10.5 Å². The van der Waals surface area contributed by atoms with E-state index in [0.717, 1.165) is 38.2 Å². The normalized spacial score (nSPS) is 11.4. The van der Waals surface area contributed by atoms with Crippen molar-refractivity contribution in [1.29, 1.82) is 0 Å². The lowest BCUT2D eigenvalue weighted by atomic mass is 10.1. The second kappa shape index (κ2) is 8.11. The van der Waals surface area contributed by atoms with Gasteiger partial charge in [-0.05, 0) is 51.9 Å². The van der Waals surface area contributed by atoms with Gasteiger partial charge in [0.1, 0.15) is 0 Å². The number of hydrogen-bond acceptors (Lipinski definition) is 3. The molecule has 0 aliphatic rings. The number of benzene rings is 1. The predicted octanol–water partition coefficient (Wildman–Crippen LogP) is 2.56. The lowest BCUT2D eigenvalue weighted by Crippen LogP contribution is -2.25. The number of anilines is 1. The predicted molar refractivity (Wildman–Crippen MR) is 77.8 cm³/mol. The van der Waals surface area contributed by atoms with Gasteiger partial charge in [-0.2, -0.15) is 0 Å². The van der Waals surface area contributed by atoms with Crippen molar-refractivity contribution < 1.29 is 4.74 Å². The van der Waals surface area contributed by atoms with Gasteiger partial charge in [0.05, 0.1) is 12.7 Å². The molecule has 1 aromatic carbocycles. The molecular formula is C15H26N2O. The van der Waals surface area contributed by atoms with Crippen molar-refractivity contribution in [2.45, 2.75) is 32.8 Å². The molecule has 0 aromatic heterocycles. The molecule has 3 nitrogen and oxygen atoms in total. The van der Waals surface area contributed by atoms with Crippen molar-refractivity contribution in [1.82, 2.24) is 4.90 Å². The molecule has 0 heterocycles. The van der Waals surface area contributed by atoms with Crippen LogP contribution in [0.2, 0.25) is 0 Å². The highest BCUT2D eigenvalue weighted by Gasteiger charge is 2.02. The third-order valence-corrected chi connectivity index (χ3v) is 2.97. The van der Waals surface area contributed by atoms with E-state index in [1.807, 2.05) is 18.2 Å². The average Bonchev–Trinajstić information content (AvgIpc) is 2.31. The molecule has 0 saturated heterocycles. The van der Waals surface area contributed by atoms with Gasteiger partial charge in [-0.25, -0.2) is 0 Å². The summed E-state index contributed by atoms with van der Waals surface area (Å²) in [6.07, 6.45) is 2.50. The SMILES string of the molecule is CC(C)OCCN(C)CCCc1ccccc1N. The molecule has 0 bridgehead atoms. The van der Waals surface area contributed by atoms with E-state index < -0.39 is 0 Å². The van der Waals surface area contributed by atoms with Crippen LogP contribution in [0, 0.1) is 0 Å². The lowest BCUT2D eigenvalue weighted by molar-refractivity contribution is 0.0637. The number of nitrogens with zero attached hydrogens (tertiary/aromatic N) is 1. The van der Waals surface area contributed by atoms with Crippen molar-refractivity contribution in [2.24, 2.45) is 0 Å². The minimum absolute atomic E-state index is 0.322. The maximum atomic E-state index is 5.92. The van der Waals surface area contributed by atoms with Gasteiger partial charge >= 0.3 is 0 Å². The molecule has 0 saturated carbocycles. The Bertz CT molecular complexity index is 339. The largest absolute Gasteiger partial charge is 0.399 e. The molecular weight excluding hydrogens is 224 g/mol. The minimum atomic E-state index is 0.322. The number of likely N-dealkylation sites (N-methyl/N-ethyl adjacent to an activating group) is 1. The standard InChI is InChI=1S/C15H26N2O/c1-13(2)18-12-11-17(3)10-6-8-14-7-4-5-9-15(14)16/h4-5,7,9,13H,6,8,10-12,16H2,1-3H3. The molecule has 2 N–H and O–H groups in total. The molecule has 1 aromatic rings. The summed E-state index contributed by atoms with van der Waals surface area (Å²) >= 11 is 0. The van der Waals surface area contributed by atoms with E-state index in [0.29, 0.717) is 6.10 Å². The number of nitrogen functional groups attached to an aromatic ring is 1. The van der Waals surface area contributed by atoms with Crippen molar-refractivity contribution in [3.63, 3.8) is 0 Å². The van der Waals surface area contributed by atoms with Gasteiger partial charge in [-0.15, -0.1) is 0 Å². The Kier molecular flexibility index (Phi) is 6.76. The molecule has 0 unspecified atom stereocenters. The zero-order valence-electron chi connectivity index (χ0n) is 11.9. The molecule has 3 heteroatoms. The van der Waals surface area contributed by atoms with Gasteiger partial charge < -0.3 is 15.4 Å². The van der Waals surface area contributed by atoms with Gasteiger partial charge in [0, 0.05) is 12.2 Å². The van der Waals surface area contributed by atoms with E-state index >= 15 is 0 Å². The summed E-state index contributed by atoms with van der Waals surface area (Å²) in [6, 6.07) is 8.10. The first-order chi connectivity index (χ1) is 8.59. The van der Waals surface area contributed by atoms with Gasteiger partial charge in [0.2, 0.25) is 0 Å². The summed E-state index contributed by atoms with van der Waals surface area (Å²) in [7, 11) is 2.14. The molecule has 0 atom stereocenters. The van der Waals surface area contributed by atoms with E-state index in [9.17, 15) is 0 Å². The van der Waals surface area contributed by atoms with Crippen LogP contribution in [0.15, 0.2) is 24.3 Å². The lowest BCUT2D eigenvalue weighted by Gasteiger charge is -2.17. The van der Waals surface area contributed by atoms with Crippen LogP contribution < -0.4 is 5.73 Å². The summed E-state index contributed by atoms with van der Waals surface area (Å²) in [5.41, 5.74) is 8.08. The first-order valence-electron chi connectivity index (χ1n) is 6.73. The van der Waals surface area contributed by atoms with Crippen LogP contribution >= 0.6 is 0 Å². The Balaban J connectivity index is 2.15. The zero-order chi connectivity index (χ0) is 13.4. The molecule has 0 fully saturated rings. The molecule has 18 heavy (non-hydrogen) atoms. The molecule has 1 rings (SSSR count). The van der Waals surface area contributed by atoms with Crippen LogP contribution in [0.3, 0.4) is 0 Å². The maximum Gasteiger partial charge on any atom is 0.0596 e. The second-order valence-corrected chi connectivity index (χ2v) is 5.03. The average molecular weight is 250 g/mol. The Morgan fingerprint density at radius 2 is 1.94 bits per heavy atom. The van der Waals surface area contributed by atoms with Crippen molar-refractivity contribution >= 4 is 5.69 Å². The van der Waals surface area contributed by atoms with E-state index in [1.165, 1.54) is 5.56 Å². The van der Waals surface area contributed by atoms with Crippen LogP contribution in [0.5, 0.6) is 0 Å². The fourth-order valence-electron chi connectivity index (χ4n) is 1.86. The van der Waals surface area contributed by atoms with Crippen molar-refractivity contribution in [2.75, 3.05) is 32.5 Å². The number of hydrogen-bond donors (Lipinski definition) is 1. The number of para-hydroxylation sites is 1. The Morgan fingerprint density at radius 1 is 1.22 bits per heavy atom. The number of rotatable bonds is 8. The highest BCUT2D eigenvalue weighted by atomic mass is 16.5. The highest BCUT2D eigenvalue weighted by Crippen LogP contribution is 2.12. The molecule has 0 aliphatic heterocycles. The summed E-state index contributed by atoms with van der Waals surface area (Å²) < 4.78 is 5.53. The van der Waals surface area contributed by atoms with Crippen LogP contribution in [-0.2, 0) is 11.2 Å². The Hall–Kier alpha value is -1.06. The summed E-state index contributed by atoms with van der Waals surface area (Å²) in [4.78, 5) is 2.31.